The summed E-state index contributed by atoms with van der Waals surface area (Å²) in [6.45, 7) is 3.74. The van der Waals surface area contributed by atoms with Gasteiger partial charge in [-0.2, -0.15) is 14.8 Å². The lowest BCUT2D eigenvalue weighted by Gasteiger charge is -2.20. The van der Waals surface area contributed by atoms with Gasteiger partial charge >= 0.3 is 0 Å². The van der Waals surface area contributed by atoms with E-state index in [1.807, 2.05) is 36.4 Å². The minimum Gasteiger partial charge on any atom is -0.375 e. The van der Waals surface area contributed by atoms with Crippen molar-refractivity contribution in [1.82, 2.24) is 25.1 Å². The summed E-state index contributed by atoms with van der Waals surface area (Å²) in [4.78, 5) is 21.0. The number of ether oxygens (including phenoxy) is 1. The molecule has 1 aliphatic rings. The van der Waals surface area contributed by atoms with Crippen LogP contribution in [0, 0.1) is 0 Å². The van der Waals surface area contributed by atoms with Crippen molar-refractivity contribution in [3.63, 3.8) is 0 Å². The standard InChI is InChI=1S/C24H24N6O2/c1-16(31)25-13-18-8-5-9-22-20(18)14-27-30(22)24-28-21-15-32-11-10-19(21)23(29-24)26-12-17-6-3-2-4-7-17/h2-9,14H,10-13,15H2,1H3,(H,25,31)(H,26,28,29). The van der Waals surface area contributed by atoms with Crippen molar-refractivity contribution < 1.29 is 9.53 Å². The molecule has 32 heavy (non-hydrogen) atoms. The Balaban J connectivity index is 1.53. The van der Waals surface area contributed by atoms with E-state index >= 15 is 0 Å². The van der Waals surface area contributed by atoms with E-state index in [0.29, 0.717) is 32.3 Å². The van der Waals surface area contributed by atoms with E-state index in [-0.39, 0.29) is 5.91 Å². The molecule has 2 aromatic heterocycles. The molecule has 0 spiro atoms. The summed E-state index contributed by atoms with van der Waals surface area (Å²) in [5.74, 6) is 1.24. The van der Waals surface area contributed by atoms with Crippen molar-refractivity contribution in [3.8, 4) is 5.95 Å². The van der Waals surface area contributed by atoms with Gasteiger partial charge in [0, 0.05) is 37.4 Å². The average molecular weight is 428 g/mol. The summed E-state index contributed by atoms with van der Waals surface area (Å²) in [6.07, 6.45) is 2.57. The van der Waals surface area contributed by atoms with E-state index < -0.39 is 0 Å². The van der Waals surface area contributed by atoms with Crippen LogP contribution in [0.2, 0.25) is 0 Å². The lowest BCUT2D eigenvalue weighted by Crippen LogP contribution is -2.19. The number of fused-ring (bicyclic) bond motifs is 2. The van der Waals surface area contributed by atoms with E-state index in [9.17, 15) is 4.79 Å². The van der Waals surface area contributed by atoms with Crippen LogP contribution in [0.1, 0.15) is 29.3 Å². The van der Waals surface area contributed by atoms with E-state index in [4.69, 9.17) is 14.7 Å². The highest BCUT2D eigenvalue weighted by Gasteiger charge is 2.20. The summed E-state index contributed by atoms with van der Waals surface area (Å²) in [5.41, 5.74) is 5.04. The normalized spacial score (nSPS) is 13.0. The van der Waals surface area contributed by atoms with Crippen LogP contribution in [0.5, 0.6) is 0 Å². The smallest absolute Gasteiger partial charge is 0.253 e. The summed E-state index contributed by atoms with van der Waals surface area (Å²) in [7, 11) is 0. The van der Waals surface area contributed by atoms with Gasteiger partial charge in [0.2, 0.25) is 5.91 Å². The number of hydrogen-bond donors (Lipinski definition) is 2. The number of anilines is 1. The number of amides is 1. The van der Waals surface area contributed by atoms with Gasteiger partial charge in [0.05, 0.1) is 30.6 Å². The van der Waals surface area contributed by atoms with Gasteiger partial charge in [-0.15, -0.1) is 0 Å². The molecular formula is C24H24N6O2. The maximum Gasteiger partial charge on any atom is 0.253 e. The van der Waals surface area contributed by atoms with Gasteiger partial charge in [-0.05, 0) is 17.2 Å². The molecule has 5 rings (SSSR count). The van der Waals surface area contributed by atoms with Crippen LogP contribution in [0.15, 0.2) is 54.7 Å². The molecule has 8 nitrogen and oxygen atoms in total. The number of carbonyl (C=O) groups is 1. The maximum atomic E-state index is 11.3. The Morgan fingerprint density at radius 1 is 1.09 bits per heavy atom. The summed E-state index contributed by atoms with van der Waals surface area (Å²) >= 11 is 0. The lowest BCUT2D eigenvalue weighted by molar-refractivity contribution is -0.119. The third kappa shape index (κ3) is 4.04. The summed E-state index contributed by atoms with van der Waals surface area (Å²) < 4.78 is 7.40. The molecular weight excluding hydrogens is 404 g/mol. The van der Waals surface area contributed by atoms with E-state index in [0.717, 1.165) is 40.0 Å². The van der Waals surface area contributed by atoms with Crippen molar-refractivity contribution in [2.75, 3.05) is 11.9 Å². The molecule has 0 radical (unpaired) electrons. The Morgan fingerprint density at radius 2 is 1.97 bits per heavy atom. The van der Waals surface area contributed by atoms with Gasteiger partial charge in [0.25, 0.3) is 5.95 Å². The molecule has 3 heterocycles. The third-order valence-corrected chi connectivity index (χ3v) is 5.54. The number of benzene rings is 2. The highest BCUT2D eigenvalue weighted by molar-refractivity contribution is 5.84. The van der Waals surface area contributed by atoms with Crippen LogP contribution in [-0.2, 0) is 35.6 Å². The molecule has 4 aromatic rings. The Labute approximate surface area is 185 Å². The van der Waals surface area contributed by atoms with Gasteiger partial charge in [-0.25, -0.2) is 4.98 Å². The molecule has 1 aliphatic heterocycles. The van der Waals surface area contributed by atoms with Gasteiger partial charge in [0.15, 0.2) is 0 Å². The van der Waals surface area contributed by atoms with Gasteiger partial charge in [-0.3, -0.25) is 4.79 Å². The topological polar surface area (TPSA) is 94.0 Å². The molecule has 1 amide bonds. The molecule has 2 aromatic carbocycles. The molecule has 0 bridgehead atoms. The Hall–Kier alpha value is -3.78. The number of carbonyl (C=O) groups excluding carboxylic acids is 1. The summed E-state index contributed by atoms with van der Waals surface area (Å²) in [5, 5.41) is 11.9. The fourth-order valence-corrected chi connectivity index (χ4v) is 3.91. The molecule has 0 saturated carbocycles. The van der Waals surface area contributed by atoms with E-state index in [1.54, 1.807) is 10.9 Å². The summed E-state index contributed by atoms with van der Waals surface area (Å²) in [6, 6.07) is 16.2. The zero-order valence-corrected chi connectivity index (χ0v) is 17.8. The highest BCUT2D eigenvalue weighted by Crippen LogP contribution is 2.26. The fraction of sp³-hybridized carbons (Fsp3) is 0.250. The first-order valence-corrected chi connectivity index (χ1v) is 10.6. The molecule has 0 fully saturated rings. The molecule has 0 saturated heterocycles. The Morgan fingerprint density at radius 3 is 2.81 bits per heavy atom. The second kappa shape index (κ2) is 8.76. The van der Waals surface area contributed by atoms with Gasteiger partial charge in [0.1, 0.15) is 5.82 Å². The maximum absolute atomic E-state index is 11.3. The fourth-order valence-electron chi connectivity index (χ4n) is 3.91. The van der Waals surface area contributed by atoms with Crippen LogP contribution in [0.3, 0.4) is 0 Å². The largest absolute Gasteiger partial charge is 0.375 e. The van der Waals surface area contributed by atoms with Crippen LogP contribution in [0.25, 0.3) is 16.9 Å². The molecule has 2 N–H and O–H groups in total. The Bertz CT molecular complexity index is 1270. The van der Waals surface area contributed by atoms with Crippen LogP contribution in [0.4, 0.5) is 5.82 Å². The number of aromatic nitrogens is 4. The number of nitrogens with zero attached hydrogens (tertiary/aromatic N) is 4. The molecule has 0 atom stereocenters. The van der Waals surface area contributed by atoms with Crippen molar-refractivity contribution in [2.24, 2.45) is 0 Å². The monoisotopic (exact) mass is 428 g/mol. The van der Waals surface area contributed by atoms with Crippen molar-refractivity contribution in [3.05, 3.63) is 77.1 Å². The number of rotatable bonds is 6. The predicted molar refractivity (Wildman–Crippen MR) is 121 cm³/mol. The van der Waals surface area contributed by atoms with Gasteiger partial charge < -0.3 is 15.4 Å². The van der Waals surface area contributed by atoms with Crippen LogP contribution < -0.4 is 10.6 Å². The number of hydrogen-bond acceptors (Lipinski definition) is 6. The zero-order valence-electron chi connectivity index (χ0n) is 17.8. The van der Waals surface area contributed by atoms with E-state index in [1.165, 1.54) is 12.5 Å². The SMILES string of the molecule is CC(=O)NCc1cccc2c1cnn2-c1nc2c(c(NCc3ccccc3)n1)CCOC2. The number of nitrogens with one attached hydrogen (secondary N) is 2. The van der Waals surface area contributed by atoms with E-state index in [2.05, 4.69) is 27.9 Å². The second-order valence-corrected chi connectivity index (χ2v) is 7.76. The molecule has 0 unspecified atom stereocenters. The highest BCUT2D eigenvalue weighted by atomic mass is 16.5. The Kier molecular flexibility index (Phi) is 5.51. The second-order valence-electron chi connectivity index (χ2n) is 7.76. The minimum absolute atomic E-state index is 0.0680. The first-order chi connectivity index (χ1) is 15.7. The third-order valence-electron chi connectivity index (χ3n) is 5.54. The average Bonchev–Trinajstić information content (AvgIpc) is 3.26. The van der Waals surface area contributed by atoms with Crippen molar-refractivity contribution in [1.29, 1.82) is 0 Å². The molecule has 8 heteroatoms. The minimum atomic E-state index is -0.0680. The van der Waals surface area contributed by atoms with Crippen molar-refractivity contribution >= 4 is 22.6 Å². The predicted octanol–water partition coefficient (Wildman–Crippen LogP) is 3.14. The molecule has 0 aliphatic carbocycles. The quantitative estimate of drug-likeness (QED) is 0.490. The van der Waals surface area contributed by atoms with Crippen LogP contribution in [-0.4, -0.2) is 32.3 Å². The van der Waals surface area contributed by atoms with Gasteiger partial charge in [-0.1, -0.05) is 42.5 Å². The first-order valence-electron chi connectivity index (χ1n) is 10.6. The zero-order chi connectivity index (χ0) is 21.9. The van der Waals surface area contributed by atoms with Crippen molar-refractivity contribution in [2.45, 2.75) is 33.0 Å². The molecule has 162 valence electrons. The van der Waals surface area contributed by atoms with Crippen LogP contribution >= 0.6 is 0 Å². The first kappa shape index (κ1) is 20.1. The lowest BCUT2D eigenvalue weighted by atomic mass is 10.1.